The largest absolute Gasteiger partial charge is 0.323 e. The second-order valence-electron chi connectivity index (χ2n) is 4.59. The second-order valence-corrected chi connectivity index (χ2v) is 4.59. The lowest BCUT2D eigenvalue weighted by Crippen LogP contribution is -2.10. The number of hydrogen-bond donors (Lipinski definition) is 1. The third-order valence-electron chi connectivity index (χ3n) is 3.22. The number of rotatable bonds is 2. The van der Waals surface area contributed by atoms with Gasteiger partial charge in [-0.1, -0.05) is 36.4 Å². The molecule has 0 bridgehead atoms. The van der Waals surface area contributed by atoms with Crippen LogP contribution in [0.5, 0.6) is 0 Å². The monoisotopic (exact) mass is 236 g/mol. The van der Waals surface area contributed by atoms with E-state index >= 15 is 0 Å². The van der Waals surface area contributed by atoms with Gasteiger partial charge >= 0.3 is 0 Å². The number of hydrogen-bond acceptors (Lipinski definition) is 1. The SMILES string of the molecule is CC(N)c1cc2ccccc2n1-c1ccccc1. The summed E-state index contributed by atoms with van der Waals surface area (Å²) in [4.78, 5) is 0. The van der Waals surface area contributed by atoms with Crippen LogP contribution < -0.4 is 5.73 Å². The molecule has 1 aromatic heterocycles. The predicted molar refractivity (Wildman–Crippen MR) is 75.9 cm³/mol. The zero-order chi connectivity index (χ0) is 12.5. The van der Waals surface area contributed by atoms with E-state index < -0.39 is 0 Å². The van der Waals surface area contributed by atoms with Gasteiger partial charge in [-0.15, -0.1) is 0 Å². The van der Waals surface area contributed by atoms with Crippen LogP contribution >= 0.6 is 0 Å². The van der Waals surface area contributed by atoms with Crippen molar-refractivity contribution in [2.24, 2.45) is 5.73 Å². The van der Waals surface area contributed by atoms with Crippen molar-refractivity contribution < 1.29 is 0 Å². The fraction of sp³-hybridized carbons (Fsp3) is 0.125. The van der Waals surface area contributed by atoms with Crippen LogP contribution in [0.3, 0.4) is 0 Å². The van der Waals surface area contributed by atoms with Crippen molar-refractivity contribution in [1.82, 2.24) is 4.57 Å². The molecule has 18 heavy (non-hydrogen) atoms. The number of benzene rings is 2. The molecule has 1 unspecified atom stereocenters. The molecule has 2 heteroatoms. The number of aromatic nitrogens is 1. The highest BCUT2D eigenvalue weighted by Crippen LogP contribution is 2.27. The van der Waals surface area contributed by atoms with Gasteiger partial charge in [0.15, 0.2) is 0 Å². The molecule has 2 aromatic carbocycles. The molecule has 0 saturated heterocycles. The standard InChI is InChI=1S/C16H16N2/c1-12(17)16-11-13-7-5-6-10-15(13)18(16)14-8-3-2-4-9-14/h2-12H,17H2,1H3. The molecule has 3 rings (SSSR count). The topological polar surface area (TPSA) is 30.9 Å². The Labute approximate surface area is 107 Å². The number of nitrogens with zero attached hydrogens (tertiary/aromatic N) is 1. The van der Waals surface area contributed by atoms with Crippen molar-refractivity contribution in [3.8, 4) is 5.69 Å². The van der Waals surface area contributed by atoms with Crippen LogP contribution in [-0.2, 0) is 0 Å². The van der Waals surface area contributed by atoms with Gasteiger partial charge in [-0.05, 0) is 31.2 Å². The summed E-state index contributed by atoms with van der Waals surface area (Å²) in [6.45, 7) is 2.02. The van der Waals surface area contributed by atoms with E-state index in [0.717, 1.165) is 11.4 Å². The molecule has 1 atom stereocenters. The summed E-state index contributed by atoms with van der Waals surface area (Å²) >= 11 is 0. The molecule has 2 nitrogen and oxygen atoms in total. The highest BCUT2D eigenvalue weighted by atomic mass is 15.0. The molecule has 0 amide bonds. The Hall–Kier alpha value is -2.06. The summed E-state index contributed by atoms with van der Waals surface area (Å²) in [7, 11) is 0. The normalized spacial score (nSPS) is 12.8. The minimum absolute atomic E-state index is 0.0117. The first-order valence-corrected chi connectivity index (χ1v) is 6.19. The molecule has 90 valence electrons. The molecular weight excluding hydrogens is 220 g/mol. The molecule has 0 spiro atoms. The average molecular weight is 236 g/mol. The fourth-order valence-corrected chi connectivity index (χ4v) is 2.38. The maximum Gasteiger partial charge on any atom is 0.0532 e. The summed E-state index contributed by atoms with van der Waals surface area (Å²) in [5, 5.41) is 1.23. The van der Waals surface area contributed by atoms with Gasteiger partial charge in [0.05, 0.1) is 5.52 Å². The van der Waals surface area contributed by atoms with E-state index in [1.807, 2.05) is 13.0 Å². The van der Waals surface area contributed by atoms with Crippen molar-refractivity contribution >= 4 is 10.9 Å². The highest BCUT2D eigenvalue weighted by molar-refractivity contribution is 5.83. The first-order chi connectivity index (χ1) is 8.77. The number of nitrogens with two attached hydrogens (primary N) is 1. The fourth-order valence-electron chi connectivity index (χ4n) is 2.38. The minimum Gasteiger partial charge on any atom is -0.323 e. The van der Waals surface area contributed by atoms with Crippen molar-refractivity contribution in [3.05, 3.63) is 66.4 Å². The minimum atomic E-state index is 0.0117. The van der Waals surface area contributed by atoms with Gasteiger partial charge < -0.3 is 10.3 Å². The van der Waals surface area contributed by atoms with E-state index in [-0.39, 0.29) is 6.04 Å². The third kappa shape index (κ3) is 1.71. The van der Waals surface area contributed by atoms with E-state index in [2.05, 4.69) is 59.2 Å². The predicted octanol–water partition coefficient (Wildman–Crippen LogP) is 3.65. The second kappa shape index (κ2) is 4.31. The van der Waals surface area contributed by atoms with Crippen molar-refractivity contribution in [2.75, 3.05) is 0 Å². The van der Waals surface area contributed by atoms with Crippen LogP contribution in [0.4, 0.5) is 0 Å². The zero-order valence-corrected chi connectivity index (χ0v) is 10.4. The van der Waals surface area contributed by atoms with Crippen LogP contribution in [0.1, 0.15) is 18.7 Å². The Balaban J connectivity index is 2.35. The molecule has 3 aromatic rings. The van der Waals surface area contributed by atoms with Gasteiger partial charge in [0.1, 0.15) is 0 Å². The van der Waals surface area contributed by atoms with Gasteiger partial charge in [0, 0.05) is 22.8 Å². The summed E-state index contributed by atoms with van der Waals surface area (Å²) in [5.74, 6) is 0. The van der Waals surface area contributed by atoms with Gasteiger partial charge in [-0.3, -0.25) is 0 Å². The Kier molecular flexibility index (Phi) is 2.65. The Morgan fingerprint density at radius 3 is 2.33 bits per heavy atom. The van der Waals surface area contributed by atoms with Crippen LogP contribution in [-0.4, -0.2) is 4.57 Å². The lowest BCUT2D eigenvalue weighted by atomic mass is 10.2. The Morgan fingerprint density at radius 2 is 1.61 bits per heavy atom. The molecular formula is C16H16N2. The summed E-state index contributed by atoms with van der Waals surface area (Å²) < 4.78 is 2.24. The average Bonchev–Trinajstić information content (AvgIpc) is 2.79. The summed E-state index contributed by atoms with van der Waals surface area (Å²) in [5.41, 5.74) is 9.60. The quantitative estimate of drug-likeness (QED) is 0.723. The lowest BCUT2D eigenvalue weighted by molar-refractivity contribution is 0.759. The molecule has 2 N–H and O–H groups in total. The maximum atomic E-state index is 6.09. The summed E-state index contributed by atoms with van der Waals surface area (Å²) in [6, 6.07) is 20.9. The first kappa shape index (κ1) is 11.1. The van der Waals surface area contributed by atoms with Gasteiger partial charge in [0.25, 0.3) is 0 Å². The molecule has 0 aliphatic carbocycles. The zero-order valence-electron chi connectivity index (χ0n) is 10.4. The van der Waals surface area contributed by atoms with Gasteiger partial charge in [0.2, 0.25) is 0 Å². The molecule has 0 saturated carbocycles. The van der Waals surface area contributed by atoms with E-state index in [1.54, 1.807) is 0 Å². The molecule has 0 fully saturated rings. The smallest absolute Gasteiger partial charge is 0.0532 e. The molecule has 1 heterocycles. The van der Waals surface area contributed by atoms with Crippen LogP contribution in [0.25, 0.3) is 16.6 Å². The molecule has 0 radical (unpaired) electrons. The van der Waals surface area contributed by atoms with Gasteiger partial charge in [-0.25, -0.2) is 0 Å². The van der Waals surface area contributed by atoms with Crippen LogP contribution in [0, 0.1) is 0 Å². The van der Waals surface area contributed by atoms with Crippen molar-refractivity contribution in [3.63, 3.8) is 0 Å². The Morgan fingerprint density at radius 1 is 0.944 bits per heavy atom. The lowest BCUT2D eigenvalue weighted by Gasteiger charge is -2.13. The number of para-hydroxylation sites is 2. The van der Waals surface area contributed by atoms with Crippen LogP contribution in [0.2, 0.25) is 0 Å². The van der Waals surface area contributed by atoms with Gasteiger partial charge in [-0.2, -0.15) is 0 Å². The van der Waals surface area contributed by atoms with Crippen molar-refractivity contribution in [2.45, 2.75) is 13.0 Å². The highest BCUT2D eigenvalue weighted by Gasteiger charge is 2.12. The number of fused-ring (bicyclic) bond motifs is 1. The van der Waals surface area contributed by atoms with Crippen LogP contribution in [0.15, 0.2) is 60.7 Å². The first-order valence-electron chi connectivity index (χ1n) is 6.19. The summed E-state index contributed by atoms with van der Waals surface area (Å²) in [6.07, 6.45) is 0. The van der Waals surface area contributed by atoms with E-state index in [0.29, 0.717) is 0 Å². The Bertz CT molecular complexity index is 666. The third-order valence-corrected chi connectivity index (χ3v) is 3.22. The van der Waals surface area contributed by atoms with E-state index in [9.17, 15) is 0 Å². The molecule has 0 aliphatic heterocycles. The van der Waals surface area contributed by atoms with E-state index in [1.165, 1.54) is 10.9 Å². The maximum absolute atomic E-state index is 6.09. The molecule has 0 aliphatic rings. The van der Waals surface area contributed by atoms with Crippen molar-refractivity contribution in [1.29, 1.82) is 0 Å². The van der Waals surface area contributed by atoms with E-state index in [4.69, 9.17) is 5.73 Å².